The number of hydrogen-bond donors (Lipinski definition) is 1. The summed E-state index contributed by atoms with van der Waals surface area (Å²) >= 11 is 0. The summed E-state index contributed by atoms with van der Waals surface area (Å²) in [4.78, 5) is 26.7. The average molecular weight is 386 g/mol. The number of ether oxygens (including phenoxy) is 1. The van der Waals surface area contributed by atoms with Gasteiger partial charge in [-0.25, -0.2) is 4.79 Å². The number of rotatable bonds is 6. The predicted octanol–water partition coefficient (Wildman–Crippen LogP) is 2.77. The zero-order chi connectivity index (χ0) is 20.3. The molecule has 6 heteroatoms. The molecule has 1 aliphatic heterocycles. The van der Waals surface area contributed by atoms with Crippen LogP contribution in [-0.2, 0) is 16.1 Å². The summed E-state index contributed by atoms with van der Waals surface area (Å²) in [5.74, 6) is 0.152. The fourth-order valence-electron chi connectivity index (χ4n) is 4.06. The molecule has 1 fully saturated rings. The molecule has 2 heterocycles. The highest BCUT2D eigenvalue weighted by molar-refractivity contribution is 5.83. The van der Waals surface area contributed by atoms with Crippen LogP contribution in [0.1, 0.15) is 36.5 Å². The number of benzene rings is 1. The number of nitrogens with zero attached hydrogens (tertiary/aromatic N) is 1. The van der Waals surface area contributed by atoms with Crippen LogP contribution in [0, 0.1) is 19.8 Å². The summed E-state index contributed by atoms with van der Waals surface area (Å²) < 4.78 is 10.5. The van der Waals surface area contributed by atoms with Crippen molar-refractivity contribution in [3.63, 3.8) is 0 Å². The molecular weight excluding hydrogens is 356 g/mol. The standard InChI is InChI=1S/C22H30N2O4/c1-14-9-15(2)21-19(10-14)18(11-20(25)28-21)12-24-7-5-17(6-8-24)22(26)23-16(3)13-27-4/h9-11,16-17H,5-8,12-13H2,1-4H3,(H,23,26). The number of fused-ring (bicyclic) bond motifs is 1. The Bertz CT molecular complexity index is 897. The van der Waals surface area contributed by atoms with E-state index in [0.29, 0.717) is 18.7 Å². The van der Waals surface area contributed by atoms with E-state index in [1.807, 2.05) is 19.9 Å². The number of hydrogen-bond acceptors (Lipinski definition) is 5. The molecule has 1 aromatic heterocycles. The average Bonchev–Trinajstić information content (AvgIpc) is 2.63. The van der Waals surface area contributed by atoms with E-state index in [-0.39, 0.29) is 23.5 Å². The van der Waals surface area contributed by atoms with E-state index in [1.165, 1.54) is 0 Å². The predicted molar refractivity (Wildman–Crippen MR) is 109 cm³/mol. The first-order chi connectivity index (χ1) is 13.4. The number of piperidine rings is 1. The van der Waals surface area contributed by atoms with E-state index in [1.54, 1.807) is 13.2 Å². The first kappa shape index (κ1) is 20.6. The van der Waals surface area contributed by atoms with Crippen LogP contribution in [0.25, 0.3) is 11.0 Å². The second-order valence-electron chi connectivity index (χ2n) is 7.96. The summed E-state index contributed by atoms with van der Waals surface area (Å²) in [5.41, 5.74) is 3.50. The van der Waals surface area contributed by atoms with Crippen molar-refractivity contribution in [3.05, 3.63) is 45.3 Å². The molecular formula is C22H30N2O4. The van der Waals surface area contributed by atoms with Gasteiger partial charge in [-0.05, 0) is 69.5 Å². The molecule has 2 aromatic rings. The van der Waals surface area contributed by atoms with Gasteiger partial charge in [-0.2, -0.15) is 0 Å². The monoisotopic (exact) mass is 386 g/mol. The van der Waals surface area contributed by atoms with E-state index < -0.39 is 0 Å². The van der Waals surface area contributed by atoms with Crippen molar-refractivity contribution >= 4 is 16.9 Å². The first-order valence-corrected chi connectivity index (χ1v) is 9.93. The molecule has 0 radical (unpaired) electrons. The number of aryl methyl sites for hydroxylation is 2. The van der Waals surface area contributed by atoms with E-state index >= 15 is 0 Å². The third kappa shape index (κ3) is 4.80. The van der Waals surface area contributed by atoms with Gasteiger partial charge in [0.25, 0.3) is 0 Å². The Labute approximate surface area is 165 Å². The van der Waals surface area contributed by atoms with Crippen LogP contribution >= 0.6 is 0 Å². The molecule has 1 atom stereocenters. The smallest absolute Gasteiger partial charge is 0.336 e. The molecule has 3 rings (SSSR count). The highest BCUT2D eigenvalue weighted by Gasteiger charge is 2.26. The highest BCUT2D eigenvalue weighted by atomic mass is 16.5. The van der Waals surface area contributed by atoms with E-state index in [0.717, 1.165) is 48.0 Å². The van der Waals surface area contributed by atoms with Gasteiger partial charge in [-0.1, -0.05) is 6.07 Å². The van der Waals surface area contributed by atoms with E-state index in [2.05, 4.69) is 23.2 Å². The molecule has 0 spiro atoms. The molecule has 1 aromatic carbocycles. The second-order valence-corrected chi connectivity index (χ2v) is 7.96. The van der Waals surface area contributed by atoms with E-state index in [4.69, 9.17) is 9.15 Å². The summed E-state index contributed by atoms with van der Waals surface area (Å²) in [6.45, 7) is 8.86. The fraction of sp³-hybridized carbons (Fsp3) is 0.545. The van der Waals surface area contributed by atoms with Crippen molar-refractivity contribution in [1.82, 2.24) is 10.2 Å². The lowest BCUT2D eigenvalue weighted by Gasteiger charge is -2.32. The quantitative estimate of drug-likeness (QED) is 0.773. The Kier molecular flexibility index (Phi) is 6.52. The van der Waals surface area contributed by atoms with Crippen molar-refractivity contribution in [1.29, 1.82) is 0 Å². The zero-order valence-corrected chi connectivity index (χ0v) is 17.2. The van der Waals surface area contributed by atoms with Gasteiger partial charge in [0.1, 0.15) is 5.58 Å². The van der Waals surface area contributed by atoms with Crippen LogP contribution in [0.3, 0.4) is 0 Å². The Morgan fingerprint density at radius 3 is 2.68 bits per heavy atom. The minimum absolute atomic E-state index is 0.0249. The summed E-state index contributed by atoms with van der Waals surface area (Å²) in [5, 5.41) is 4.03. The van der Waals surface area contributed by atoms with Crippen LogP contribution in [-0.4, -0.2) is 43.7 Å². The maximum Gasteiger partial charge on any atom is 0.336 e. The van der Waals surface area contributed by atoms with Crippen molar-refractivity contribution < 1.29 is 13.9 Å². The van der Waals surface area contributed by atoms with Crippen molar-refractivity contribution in [2.24, 2.45) is 5.92 Å². The molecule has 28 heavy (non-hydrogen) atoms. The van der Waals surface area contributed by atoms with Crippen molar-refractivity contribution in [2.45, 2.75) is 46.2 Å². The molecule has 0 saturated carbocycles. The number of carbonyl (C=O) groups is 1. The van der Waals surface area contributed by atoms with Gasteiger partial charge < -0.3 is 14.5 Å². The van der Waals surface area contributed by atoms with E-state index in [9.17, 15) is 9.59 Å². The van der Waals surface area contributed by atoms with Crippen molar-refractivity contribution in [2.75, 3.05) is 26.8 Å². The molecule has 1 saturated heterocycles. The fourth-order valence-corrected chi connectivity index (χ4v) is 4.06. The third-order valence-corrected chi connectivity index (χ3v) is 5.42. The summed E-state index contributed by atoms with van der Waals surface area (Å²) in [7, 11) is 1.64. The Morgan fingerprint density at radius 1 is 1.29 bits per heavy atom. The van der Waals surface area contributed by atoms with Crippen LogP contribution in [0.5, 0.6) is 0 Å². The molecule has 152 valence electrons. The lowest BCUT2D eigenvalue weighted by molar-refractivity contribution is -0.127. The minimum atomic E-state index is -0.309. The Balaban J connectivity index is 1.67. The van der Waals surface area contributed by atoms with Gasteiger partial charge in [0.15, 0.2) is 0 Å². The number of carbonyl (C=O) groups excluding carboxylic acids is 1. The number of amides is 1. The molecule has 1 aliphatic rings. The molecule has 1 N–H and O–H groups in total. The van der Waals surface area contributed by atoms with Crippen LogP contribution in [0.2, 0.25) is 0 Å². The SMILES string of the molecule is COCC(C)NC(=O)C1CCN(Cc2cc(=O)oc3c(C)cc(C)cc23)CC1. The van der Waals surface area contributed by atoms with Crippen LogP contribution in [0.4, 0.5) is 0 Å². The lowest BCUT2D eigenvalue weighted by Crippen LogP contribution is -2.44. The topological polar surface area (TPSA) is 71.8 Å². The molecule has 1 amide bonds. The maximum atomic E-state index is 12.4. The van der Waals surface area contributed by atoms with Gasteiger partial charge >= 0.3 is 5.63 Å². The molecule has 0 bridgehead atoms. The number of nitrogens with one attached hydrogen (secondary N) is 1. The third-order valence-electron chi connectivity index (χ3n) is 5.42. The van der Waals surface area contributed by atoms with Crippen LogP contribution < -0.4 is 10.9 Å². The Hall–Kier alpha value is -2.18. The number of likely N-dealkylation sites (tertiary alicyclic amines) is 1. The van der Waals surface area contributed by atoms with Gasteiger partial charge in [0.05, 0.1) is 6.61 Å². The molecule has 0 aliphatic carbocycles. The first-order valence-electron chi connectivity index (χ1n) is 9.93. The normalized spacial score (nSPS) is 17.0. The zero-order valence-electron chi connectivity index (χ0n) is 17.2. The molecule has 6 nitrogen and oxygen atoms in total. The Morgan fingerprint density at radius 2 is 2.00 bits per heavy atom. The summed E-state index contributed by atoms with van der Waals surface area (Å²) in [6.07, 6.45) is 1.64. The largest absolute Gasteiger partial charge is 0.422 e. The van der Waals surface area contributed by atoms with Gasteiger partial charge in [-0.15, -0.1) is 0 Å². The van der Waals surface area contributed by atoms with Crippen LogP contribution in [0.15, 0.2) is 27.4 Å². The van der Waals surface area contributed by atoms with Gasteiger partial charge in [0.2, 0.25) is 5.91 Å². The second kappa shape index (κ2) is 8.88. The maximum absolute atomic E-state index is 12.4. The highest BCUT2D eigenvalue weighted by Crippen LogP contribution is 2.25. The minimum Gasteiger partial charge on any atom is -0.422 e. The van der Waals surface area contributed by atoms with Crippen molar-refractivity contribution in [3.8, 4) is 0 Å². The number of methoxy groups -OCH3 is 1. The lowest BCUT2D eigenvalue weighted by atomic mass is 9.95. The van der Waals surface area contributed by atoms with Gasteiger partial charge in [-0.3, -0.25) is 9.69 Å². The summed E-state index contributed by atoms with van der Waals surface area (Å²) in [6, 6.07) is 5.74. The molecule has 1 unspecified atom stereocenters. The van der Waals surface area contributed by atoms with Gasteiger partial charge in [0, 0.05) is 37.1 Å².